The highest BCUT2D eigenvalue weighted by molar-refractivity contribution is 6.61. The van der Waals surface area contributed by atoms with Crippen LogP contribution in [-0.4, -0.2) is 66.1 Å². The first kappa shape index (κ1) is 24.7. The summed E-state index contributed by atoms with van der Waals surface area (Å²) in [6.45, 7) is 5.21. The van der Waals surface area contributed by atoms with Crippen molar-refractivity contribution < 1.29 is 23.9 Å². The molecule has 0 aliphatic carbocycles. The summed E-state index contributed by atoms with van der Waals surface area (Å²) < 4.78 is 17.8. The minimum Gasteiger partial charge on any atom is -0.491 e. The van der Waals surface area contributed by atoms with Crippen LogP contribution in [0.2, 0.25) is 0 Å². The number of methoxy groups -OCH3 is 1. The number of aryl methyl sites for hydroxylation is 2. The van der Waals surface area contributed by atoms with Gasteiger partial charge in [-0.1, -0.05) is 29.8 Å². The number of fused-ring (bicyclic) bond motifs is 1. The molecule has 10 heteroatoms. The largest absolute Gasteiger partial charge is 0.494 e. The second-order valence-corrected chi connectivity index (χ2v) is 8.81. The van der Waals surface area contributed by atoms with Gasteiger partial charge in [0.2, 0.25) is 0 Å². The number of benzene rings is 2. The van der Waals surface area contributed by atoms with Gasteiger partial charge in [-0.05, 0) is 31.5 Å². The molecule has 1 amide bonds. The van der Waals surface area contributed by atoms with Gasteiger partial charge in [0, 0.05) is 38.5 Å². The standard InChI is InChI=1S/C25H30BN3O6/c1-16-5-7-18(8-6-16)15-29-17(2)27-22-14-21(26(32)34-4)23(13-20(22)24(29)30)35-19-9-11-28(12-10-19)25(31)33-3/h5-8,13-14,19,32H,9-12,15H2,1-4H3. The molecule has 184 valence electrons. The number of amides is 1. The van der Waals surface area contributed by atoms with Crippen molar-refractivity contribution in [3.63, 3.8) is 0 Å². The Balaban J connectivity index is 1.68. The molecule has 1 aliphatic heterocycles. The summed E-state index contributed by atoms with van der Waals surface area (Å²) in [5.74, 6) is 0.942. The number of aromatic nitrogens is 2. The van der Waals surface area contributed by atoms with Crippen LogP contribution in [0.5, 0.6) is 5.75 Å². The van der Waals surface area contributed by atoms with Crippen molar-refractivity contribution in [1.29, 1.82) is 0 Å². The van der Waals surface area contributed by atoms with E-state index in [1.54, 1.807) is 28.5 Å². The maximum absolute atomic E-state index is 13.5. The zero-order chi connectivity index (χ0) is 25.1. The van der Waals surface area contributed by atoms with Crippen molar-refractivity contribution in [1.82, 2.24) is 14.5 Å². The van der Waals surface area contributed by atoms with Gasteiger partial charge in [0.15, 0.2) is 0 Å². The van der Waals surface area contributed by atoms with Crippen molar-refractivity contribution in [3.8, 4) is 5.75 Å². The monoisotopic (exact) mass is 479 g/mol. The van der Waals surface area contributed by atoms with Crippen molar-refractivity contribution in [3.05, 3.63) is 63.7 Å². The molecule has 1 fully saturated rings. The summed E-state index contributed by atoms with van der Waals surface area (Å²) in [4.78, 5) is 31.5. The van der Waals surface area contributed by atoms with E-state index in [4.69, 9.17) is 14.1 Å². The third-order valence-corrected chi connectivity index (χ3v) is 6.40. The molecule has 0 radical (unpaired) electrons. The maximum Gasteiger partial charge on any atom is 0.494 e. The number of ether oxygens (including phenoxy) is 2. The molecule has 2 aromatic carbocycles. The van der Waals surface area contributed by atoms with Crippen molar-refractivity contribution in [2.24, 2.45) is 0 Å². The maximum atomic E-state index is 13.5. The number of hydrogen-bond acceptors (Lipinski definition) is 7. The molecule has 4 rings (SSSR count). The lowest BCUT2D eigenvalue weighted by molar-refractivity contribution is 0.0794. The Morgan fingerprint density at radius 1 is 1.14 bits per heavy atom. The van der Waals surface area contributed by atoms with Crippen molar-refractivity contribution in [2.75, 3.05) is 27.3 Å². The highest BCUT2D eigenvalue weighted by Crippen LogP contribution is 2.22. The second-order valence-electron chi connectivity index (χ2n) is 8.81. The Kier molecular flexibility index (Phi) is 7.42. The first-order valence-corrected chi connectivity index (χ1v) is 11.6. The number of carbonyl (C=O) groups is 1. The average molecular weight is 479 g/mol. The normalized spacial score (nSPS) is 14.3. The molecule has 1 N–H and O–H groups in total. The molecular weight excluding hydrogens is 449 g/mol. The van der Waals surface area contributed by atoms with Gasteiger partial charge < -0.3 is 24.1 Å². The van der Waals surface area contributed by atoms with Gasteiger partial charge in [-0.2, -0.15) is 0 Å². The highest BCUT2D eigenvalue weighted by Gasteiger charge is 2.28. The first-order chi connectivity index (χ1) is 16.8. The summed E-state index contributed by atoms with van der Waals surface area (Å²) in [7, 11) is 1.52. The SMILES string of the molecule is COB(O)c1cc2nc(C)n(Cc3ccc(C)cc3)c(=O)c2cc1OC1CCN(C(=O)OC)CC1. The zero-order valence-corrected chi connectivity index (χ0v) is 20.5. The Bertz CT molecular complexity index is 1270. The fourth-order valence-electron chi connectivity index (χ4n) is 4.32. The van der Waals surface area contributed by atoms with Gasteiger partial charge in [-0.25, -0.2) is 9.78 Å². The third kappa shape index (κ3) is 5.33. The van der Waals surface area contributed by atoms with Crippen LogP contribution in [0, 0.1) is 13.8 Å². The Hall–Kier alpha value is -3.37. The van der Waals surface area contributed by atoms with Gasteiger partial charge in [-0.15, -0.1) is 0 Å². The van der Waals surface area contributed by atoms with Crippen LogP contribution in [-0.2, 0) is 15.9 Å². The molecular formula is C25H30BN3O6. The molecule has 0 saturated carbocycles. The van der Waals surface area contributed by atoms with Crippen molar-refractivity contribution in [2.45, 2.75) is 39.3 Å². The molecule has 3 aromatic rings. The molecule has 2 heterocycles. The van der Waals surface area contributed by atoms with Crippen LogP contribution in [0.4, 0.5) is 4.79 Å². The minimum atomic E-state index is -1.23. The lowest BCUT2D eigenvalue weighted by Crippen LogP contribution is -2.43. The predicted molar refractivity (Wildman–Crippen MR) is 133 cm³/mol. The molecule has 1 saturated heterocycles. The number of rotatable bonds is 6. The fraction of sp³-hybridized carbons (Fsp3) is 0.400. The van der Waals surface area contributed by atoms with E-state index in [1.807, 2.05) is 31.2 Å². The smallest absolute Gasteiger partial charge is 0.491 e. The van der Waals surface area contributed by atoms with Gasteiger partial charge in [0.25, 0.3) is 5.56 Å². The first-order valence-electron chi connectivity index (χ1n) is 11.6. The molecule has 35 heavy (non-hydrogen) atoms. The summed E-state index contributed by atoms with van der Waals surface area (Å²) in [6.07, 6.45) is 0.642. The van der Waals surface area contributed by atoms with Gasteiger partial charge in [0.1, 0.15) is 17.7 Å². The molecule has 0 unspecified atom stereocenters. The Morgan fingerprint density at radius 3 is 2.46 bits per heavy atom. The van der Waals surface area contributed by atoms with Gasteiger partial charge in [0.05, 0.1) is 24.6 Å². The van der Waals surface area contributed by atoms with Crippen LogP contribution >= 0.6 is 0 Å². The summed E-state index contributed by atoms with van der Waals surface area (Å²) in [5, 5.41) is 10.9. The van der Waals surface area contributed by atoms with Crippen LogP contribution in [0.3, 0.4) is 0 Å². The molecule has 0 atom stereocenters. The van der Waals surface area contributed by atoms with E-state index < -0.39 is 7.12 Å². The molecule has 1 aliphatic rings. The molecule has 1 aromatic heterocycles. The number of carbonyl (C=O) groups excluding carboxylic acids is 1. The number of hydrogen-bond donors (Lipinski definition) is 1. The number of likely N-dealkylation sites (tertiary alicyclic amines) is 1. The number of piperidine rings is 1. The Morgan fingerprint density at radius 2 is 1.83 bits per heavy atom. The van der Waals surface area contributed by atoms with Crippen LogP contribution in [0.1, 0.15) is 29.8 Å². The van der Waals surface area contributed by atoms with Crippen LogP contribution in [0.15, 0.2) is 41.2 Å². The lowest BCUT2D eigenvalue weighted by Gasteiger charge is -2.31. The topological polar surface area (TPSA) is 103 Å². The molecule has 0 spiro atoms. The quantitative estimate of drug-likeness (QED) is 0.540. The average Bonchev–Trinajstić information content (AvgIpc) is 2.87. The predicted octanol–water partition coefficient (Wildman–Crippen LogP) is 2.01. The Labute approximate surface area is 204 Å². The molecule has 0 bridgehead atoms. The van der Waals surface area contributed by atoms with E-state index in [-0.39, 0.29) is 17.8 Å². The number of nitrogens with zero attached hydrogens (tertiary/aromatic N) is 3. The van der Waals surface area contributed by atoms with E-state index in [1.165, 1.54) is 14.2 Å². The summed E-state index contributed by atoms with van der Waals surface area (Å²) >= 11 is 0. The summed E-state index contributed by atoms with van der Waals surface area (Å²) in [6, 6.07) is 11.3. The fourth-order valence-corrected chi connectivity index (χ4v) is 4.32. The third-order valence-electron chi connectivity index (χ3n) is 6.40. The zero-order valence-electron chi connectivity index (χ0n) is 20.5. The molecule has 9 nitrogen and oxygen atoms in total. The lowest BCUT2D eigenvalue weighted by atomic mass is 9.78. The van der Waals surface area contributed by atoms with Gasteiger partial charge >= 0.3 is 13.2 Å². The summed E-state index contributed by atoms with van der Waals surface area (Å²) in [5.41, 5.74) is 2.83. The van der Waals surface area contributed by atoms with E-state index in [2.05, 4.69) is 4.98 Å². The second kappa shape index (κ2) is 10.5. The van der Waals surface area contributed by atoms with Crippen LogP contribution < -0.4 is 15.8 Å². The van der Waals surface area contributed by atoms with Crippen LogP contribution in [0.25, 0.3) is 10.9 Å². The van der Waals surface area contributed by atoms with Crippen molar-refractivity contribution >= 4 is 29.6 Å². The van der Waals surface area contributed by atoms with E-state index in [0.29, 0.717) is 60.4 Å². The van der Waals surface area contributed by atoms with E-state index in [9.17, 15) is 14.6 Å². The van der Waals surface area contributed by atoms with E-state index in [0.717, 1.165) is 11.1 Å². The van der Waals surface area contributed by atoms with Gasteiger partial charge in [-0.3, -0.25) is 9.36 Å². The minimum absolute atomic E-state index is 0.183. The highest BCUT2D eigenvalue weighted by atomic mass is 16.5. The van der Waals surface area contributed by atoms with E-state index >= 15 is 0 Å².